The first-order chi connectivity index (χ1) is 7.90. The maximum absolute atomic E-state index is 5.74. The van der Waals surface area contributed by atoms with Gasteiger partial charge in [0.1, 0.15) is 6.10 Å². The summed E-state index contributed by atoms with van der Waals surface area (Å²) in [6.07, 6.45) is 3.51. The van der Waals surface area contributed by atoms with Crippen LogP contribution < -0.4 is 0 Å². The summed E-state index contributed by atoms with van der Waals surface area (Å²) in [6, 6.07) is 10.1. The van der Waals surface area contributed by atoms with Crippen molar-refractivity contribution >= 4 is 0 Å². The van der Waals surface area contributed by atoms with E-state index in [1.54, 1.807) is 7.11 Å². The number of methoxy groups -OCH3 is 1. The molecular weight excluding hydrogens is 204 g/mol. The Morgan fingerprint density at radius 1 is 1.31 bits per heavy atom. The molecule has 0 radical (unpaired) electrons. The fourth-order valence-corrected chi connectivity index (χ4v) is 1.63. The maximum atomic E-state index is 5.74. The second-order valence-corrected chi connectivity index (χ2v) is 3.63. The lowest BCUT2D eigenvalue weighted by atomic mass is 10.2. The summed E-state index contributed by atoms with van der Waals surface area (Å²) < 4.78 is 16.3. The molecule has 0 aliphatic carbocycles. The van der Waals surface area contributed by atoms with Crippen molar-refractivity contribution in [3.05, 3.63) is 48.0 Å². The Labute approximate surface area is 95.6 Å². The van der Waals surface area contributed by atoms with Crippen molar-refractivity contribution in [1.82, 2.24) is 0 Å². The van der Waals surface area contributed by atoms with Gasteiger partial charge in [-0.2, -0.15) is 0 Å². The van der Waals surface area contributed by atoms with Gasteiger partial charge >= 0.3 is 0 Å². The first-order valence-corrected chi connectivity index (χ1v) is 5.37. The predicted molar refractivity (Wildman–Crippen MR) is 60.9 cm³/mol. The molecule has 3 nitrogen and oxygen atoms in total. The van der Waals surface area contributed by atoms with Crippen LogP contribution in [0, 0.1) is 0 Å². The Morgan fingerprint density at radius 2 is 2.12 bits per heavy atom. The molecule has 1 aromatic carbocycles. The van der Waals surface area contributed by atoms with Crippen molar-refractivity contribution in [1.29, 1.82) is 0 Å². The number of benzene rings is 1. The molecule has 0 aromatic heterocycles. The van der Waals surface area contributed by atoms with Gasteiger partial charge in [0.05, 0.1) is 13.2 Å². The van der Waals surface area contributed by atoms with E-state index in [4.69, 9.17) is 14.2 Å². The van der Waals surface area contributed by atoms with Crippen molar-refractivity contribution < 1.29 is 14.2 Å². The molecule has 1 heterocycles. The first-order valence-electron chi connectivity index (χ1n) is 5.37. The van der Waals surface area contributed by atoms with Gasteiger partial charge < -0.3 is 14.2 Å². The zero-order chi connectivity index (χ0) is 11.2. The third kappa shape index (κ3) is 2.92. The van der Waals surface area contributed by atoms with Gasteiger partial charge in [0.2, 0.25) is 0 Å². The van der Waals surface area contributed by atoms with Gasteiger partial charge in [-0.1, -0.05) is 42.5 Å². The van der Waals surface area contributed by atoms with Crippen molar-refractivity contribution in [3.8, 4) is 0 Å². The molecule has 0 saturated heterocycles. The molecule has 0 amide bonds. The molecule has 0 fully saturated rings. The molecule has 0 saturated carbocycles. The highest BCUT2D eigenvalue weighted by atomic mass is 16.7. The van der Waals surface area contributed by atoms with Gasteiger partial charge in [0, 0.05) is 7.11 Å². The fraction of sp³-hybridized carbons (Fsp3) is 0.385. The van der Waals surface area contributed by atoms with Gasteiger partial charge in [-0.15, -0.1) is 0 Å². The second kappa shape index (κ2) is 5.80. The summed E-state index contributed by atoms with van der Waals surface area (Å²) >= 11 is 0. The summed E-state index contributed by atoms with van der Waals surface area (Å²) in [6.45, 7) is 1.16. The van der Waals surface area contributed by atoms with Crippen LogP contribution in [0.4, 0.5) is 0 Å². The van der Waals surface area contributed by atoms with Crippen LogP contribution in [0.15, 0.2) is 42.5 Å². The molecular formula is C13H16O3. The highest BCUT2D eigenvalue weighted by Gasteiger charge is 2.22. The van der Waals surface area contributed by atoms with Crippen molar-refractivity contribution in [2.45, 2.75) is 19.0 Å². The van der Waals surface area contributed by atoms with Gasteiger partial charge in [-0.05, 0) is 5.56 Å². The van der Waals surface area contributed by atoms with E-state index in [2.05, 4.69) is 0 Å². The predicted octanol–water partition coefficient (Wildman–Crippen LogP) is 2.13. The molecule has 16 heavy (non-hydrogen) atoms. The number of hydrogen-bond acceptors (Lipinski definition) is 3. The first kappa shape index (κ1) is 11.3. The lowest BCUT2D eigenvalue weighted by Gasteiger charge is -2.26. The third-order valence-corrected chi connectivity index (χ3v) is 2.47. The molecule has 86 valence electrons. The quantitative estimate of drug-likeness (QED) is 0.727. The summed E-state index contributed by atoms with van der Waals surface area (Å²) in [5, 5.41) is 0. The van der Waals surface area contributed by atoms with Crippen LogP contribution in [0.3, 0.4) is 0 Å². The average molecular weight is 220 g/mol. The number of hydrogen-bond donors (Lipinski definition) is 0. The Hall–Kier alpha value is -1.16. The zero-order valence-electron chi connectivity index (χ0n) is 9.34. The van der Waals surface area contributed by atoms with E-state index in [-0.39, 0.29) is 12.4 Å². The highest BCUT2D eigenvalue weighted by molar-refractivity contribution is 5.13. The second-order valence-electron chi connectivity index (χ2n) is 3.63. The van der Waals surface area contributed by atoms with Crippen LogP contribution in [0.1, 0.15) is 5.56 Å². The average Bonchev–Trinajstić information content (AvgIpc) is 2.38. The van der Waals surface area contributed by atoms with Crippen LogP contribution in [0.2, 0.25) is 0 Å². The maximum Gasteiger partial charge on any atom is 0.187 e. The van der Waals surface area contributed by atoms with Crippen LogP contribution >= 0.6 is 0 Å². The SMILES string of the molecule is CO[C@H]1OCC=C[C@H]1OCc1ccccc1. The van der Waals surface area contributed by atoms with Gasteiger partial charge in [0.25, 0.3) is 0 Å². The molecule has 3 heteroatoms. The Balaban J connectivity index is 1.89. The van der Waals surface area contributed by atoms with Gasteiger partial charge in [-0.25, -0.2) is 0 Å². The molecule has 1 aliphatic rings. The van der Waals surface area contributed by atoms with E-state index in [1.165, 1.54) is 0 Å². The Kier molecular flexibility index (Phi) is 4.10. The summed E-state index contributed by atoms with van der Waals surface area (Å²) in [4.78, 5) is 0. The molecule has 0 bridgehead atoms. The van der Waals surface area contributed by atoms with Crippen molar-refractivity contribution in [3.63, 3.8) is 0 Å². The topological polar surface area (TPSA) is 27.7 Å². The zero-order valence-corrected chi connectivity index (χ0v) is 9.34. The van der Waals surface area contributed by atoms with E-state index in [0.717, 1.165) is 5.56 Å². The Morgan fingerprint density at radius 3 is 2.88 bits per heavy atom. The molecule has 0 N–H and O–H groups in total. The van der Waals surface area contributed by atoms with E-state index in [1.807, 2.05) is 42.5 Å². The number of ether oxygens (including phenoxy) is 3. The van der Waals surface area contributed by atoms with Crippen LogP contribution in [0.25, 0.3) is 0 Å². The van der Waals surface area contributed by atoms with E-state index >= 15 is 0 Å². The Bertz CT molecular complexity index is 334. The highest BCUT2D eigenvalue weighted by Crippen LogP contribution is 2.14. The van der Waals surface area contributed by atoms with E-state index in [9.17, 15) is 0 Å². The fourth-order valence-electron chi connectivity index (χ4n) is 1.63. The smallest absolute Gasteiger partial charge is 0.187 e. The minimum Gasteiger partial charge on any atom is -0.364 e. The molecule has 0 spiro atoms. The van der Waals surface area contributed by atoms with Crippen LogP contribution in [-0.2, 0) is 20.8 Å². The largest absolute Gasteiger partial charge is 0.364 e. The van der Waals surface area contributed by atoms with E-state index in [0.29, 0.717) is 13.2 Å². The van der Waals surface area contributed by atoms with Crippen molar-refractivity contribution in [2.75, 3.05) is 13.7 Å². The lowest BCUT2D eigenvalue weighted by Crippen LogP contribution is -2.34. The summed E-state index contributed by atoms with van der Waals surface area (Å²) in [5.41, 5.74) is 1.15. The normalized spacial score (nSPS) is 24.6. The lowest BCUT2D eigenvalue weighted by molar-refractivity contribution is -0.184. The molecule has 2 rings (SSSR count). The standard InChI is InChI=1S/C13H16O3/c1-14-13-12(8-5-9-15-13)16-10-11-6-3-2-4-7-11/h2-8,12-13H,9-10H2,1H3/t12-,13+/m1/s1. The minimum absolute atomic E-state index is 0.126. The molecule has 1 aliphatic heterocycles. The molecule has 1 aromatic rings. The molecule has 0 unspecified atom stereocenters. The minimum atomic E-state index is -0.297. The third-order valence-electron chi connectivity index (χ3n) is 2.47. The monoisotopic (exact) mass is 220 g/mol. The van der Waals surface area contributed by atoms with Gasteiger partial charge in [0.15, 0.2) is 6.29 Å². The van der Waals surface area contributed by atoms with Crippen LogP contribution in [-0.4, -0.2) is 26.1 Å². The summed E-state index contributed by atoms with van der Waals surface area (Å²) in [7, 11) is 1.63. The van der Waals surface area contributed by atoms with Crippen molar-refractivity contribution in [2.24, 2.45) is 0 Å². The number of rotatable bonds is 4. The summed E-state index contributed by atoms with van der Waals surface area (Å²) in [5.74, 6) is 0. The van der Waals surface area contributed by atoms with E-state index < -0.39 is 0 Å². The van der Waals surface area contributed by atoms with Gasteiger partial charge in [-0.3, -0.25) is 0 Å². The van der Waals surface area contributed by atoms with Crippen LogP contribution in [0.5, 0.6) is 0 Å². The molecule has 2 atom stereocenters.